The molecule has 0 aromatic heterocycles. The minimum absolute atomic E-state index is 0.0509. The van der Waals surface area contributed by atoms with Crippen molar-refractivity contribution in [2.75, 3.05) is 0 Å². The second-order valence-corrected chi connectivity index (χ2v) is 5.87. The van der Waals surface area contributed by atoms with Crippen molar-refractivity contribution in [1.29, 1.82) is 0 Å². The number of halogens is 2. The molecule has 0 fully saturated rings. The van der Waals surface area contributed by atoms with Gasteiger partial charge in [-0.1, -0.05) is 6.07 Å². The SMILES string of the molecule is Cc1cc(C)c(C(=O)c2ccc(F)cc2I)cc1C. The molecule has 0 aliphatic rings. The van der Waals surface area contributed by atoms with Crippen LogP contribution < -0.4 is 0 Å². The van der Waals surface area contributed by atoms with Gasteiger partial charge in [-0.15, -0.1) is 0 Å². The maximum atomic E-state index is 13.1. The van der Waals surface area contributed by atoms with Gasteiger partial charge in [0.1, 0.15) is 5.82 Å². The van der Waals surface area contributed by atoms with Crippen molar-refractivity contribution in [2.45, 2.75) is 20.8 Å². The molecule has 3 heteroatoms. The predicted octanol–water partition coefficient (Wildman–Crippen LogP) is 4.59. The normalized spacial score (nSPS) is 10.6. The molecule has 0 saturated carbocycles. The van der Waals surface area contributed by atoms with Crippen LogP contribution >= 0.6 is 22.6 Å². The Hall–Kier alpha value is -1.23. The second kappa shape index (κ2) is 5.41. The van der Waals surface area contributed by atoms with Crippen molar-refractivity contribution in [3.63, 3.8) is 0 Å². The Morgan fingerprint density at radius 1 is 0.947 bits per heavy atom. The fourth-order valence-corrected chi connectivity index (χ4v) is 2.75. The number of carbonyl (C=O) groups is 1. The van der Waals surface area contributed by atoms with Gasteiger partial charge in [0, 0.05) is 14.7 Å². The predicted molar refractivity (Wildman–Crippen MR) is 83.2 cm³/mol. The number of hydrogen-bond donors (Lipinski definition) is 0. The van der Waals surface area contributed by atoms with Crippen LogP contribution in [0.2, 0.25) is 0 Å². The molecule has 2 aromatic rings. The van der Waals surface area contributed by atoms with Gasteiger partial charge in [0.2, 0.25) is 0 Å². The highest BCUT2D eigenvalue weighted by Gasteiger charge is 2.16. The van der Waals surface area contributed by atoms with Gasteiger partial charge in [-0.2, -0.15) is 0 Å². The molecule has 0 atom stereocenters. The van der Waals surface area contributed by atoms with Crippen molar-refractivity contribution in [2.24, 2.45) is 0 Å². The van der Waals surface area contributed by atoms with E-state index in [1.807, 2.05) is 55.5 Å². The minimum Gasteiger partial charge on any atom is -0.289 e. The van der Waals surface area contributed by atoms with E-state index in [0.29, 0.717) is 14.7 Å². The molecule has 2 rings (SSSR count). The molecule has 0 unspecified atom stereocenters. The molecule has 0 radical (unpaired) electrons. The third kappa shape index (κ3) is 2.86. The van der Waals surface area contributed by atoms with Crippen LogP contribution in [0.4, 0.5) is 4.39 Å². The van der Waals surface area contributed by atoms with Gasteiger partial charge in [-0.3, -0.25) is 4.79 Å². The lowest BCUT2D eigenvalue weighted by Crippen LogP contribution is -2.07. The average molecular weight is 368 g/mol. The van der Waals surface area contributed by atoms with Crippen LogP contribution in [0.5, 0.6) is 0 Å². The van der Waals surface area contributed by atoms with Crippen LogP contribution in [-0.2, 0) is 0 Å². The fraction of sp³-hybridized carbons (Fsp3) is 0.188. The Balaban J connectivity index is 2.53. The van der Waals surface area contributed by atoms with Crippen LogP contribution in [0.15, 0.2) is 30.3 Å². The maximum absolute atomic E-state index is 13.1. The van der Waals surface area contributed by atoms with Gasteiger partial charge in [0.15, 0.2) is 5.78 Å². The summed E-state index contributed by atoms with van der Waals surface area (Å²) in [4.78, 5) is 12.5. The average Bonchev–Trinajstić information content (AvgIpc) is 2.33. The highest BCUT2D eigenvalue weighted by Crippen LogP contribution is 2.22. The monoisotopic (exact) mass is 368 g/mol. The summed E-state index contributed by atoms with van der Waals surface area (Å²) >= 11 is 1.99. The van der Waals surface area contributed by atoms with Crippen molar-refractivity contribution in [3.8, 4) is 0 Å². The van der Waals surface area contributed by atoms with Gasteiger partial charge in [0.05, 0.1) is 0 Å². The molecule has 0 saturated heterocycles. The van der Waals surface area contributed by atoms with E-state index in [9.17, 15) is 9.18 Å². The second-order valence-electron chi connectivity index (χ2n) is 4.70. The number of aryl methyl sites for hydroxylation is 3. The zero-order valence-electron chi connectivity index (χ0n) is 11.1. The lowest BCUT2D eigenvalue weighted by atomic mass is 9.95. The number of ketones is 1. The summed E-state index contributed by atoms with van der Waals surface area (Å²) in [5.41, 5.74) is 4.45. The van der Waals surface area contributed by atoms with Crippen LogP contribution in [0, 0.1) is 30.2 Å². The fourth-order valence-electron chi connectivity index (χ4n) is 2.02. The van der Waals surface area contributed by atoms with E-state index >= 15 is 0 Å². The van der Waals surface area contributed by atoms with Crippen molar-refractivity contribution in [3.05, 3.63) is 67.5 Å². The van der Waals surface area contributed by atoms with E-state index in [2.05, 4.69) is 0 Å². The summed E-state index contributed by atoms with van der Waals surface area (Å²) in [5.74, 6) is -0.372. The molecule has 0 heterocycles. The Labute approximate surface area is 126 Å². The summed E-state index contributed by atoms with van der Waals surface area (Å²) < 4.78 is 13.7. The van der Waals surface area contributed by atoms with E-state index in [1.54, 1.807) is 6.07 Å². The van der Waals surface area contributed by atoms with Gasteiger partial charge < -0.3 is 0 Å². The minimum atomic E-state index is -0.322. The maximum Gasteiger partial charge on any atom is 0.194 e. The van der Waals surface area contributed by atoms with E-state index in [1.165, 1.54) is 17.7 Å². The third-order valence-corrected chi connectivity index (χ3v) is 4.15. The van der Waals surface area contributed by atoms with Crippen LogP contribution in [0.3, 0.4) is 0 Å². The zero-order valence-corrected chi connectivity index (χ0v) is 13.2. The van der Waals surface area contributed by atoms with E-state index < -0.39 is 0 Å². The summed E-state index contributed by atoms with van der Waals surface area (Å²) in [7, 11) is 0. The van der Waals surface area contributed by atoms with E-state index in [-0.39, 0.29) is 11.6 Å². The smallest absolute Gasteiger partial charge is 0.194 e. The molecular weight excluding hydrogens is 354 g/mol. The quantitative estimate of drug-likeness (QED) is 0.560. The number of rotatable bonds is 2. The first kappa shape index (κ1) is 14.2. The first-order chi connectivity index (χ1) is 8.90. The van der Waals surface area contributed by atoms with Crippen molar-refractivity contribution < 1.29 is 9.18 Å². The van der Waals surface area contributed by atoms with Crippen molar-refractivity contribution >= 4 is 28.4 Å². The van der Waals surface area contributed by atoms with Crippen LogP contribution in [0.1, 0.15) is 32.6 Å². The molecule has 0 aliphatic heterocycles. The Morgan fingerprint density at radius 2 is 1.58 bits per heavy atom. The molecule has 19 heavy (non-hydrogen) atoms. The number of hydrogen-bond acceptors (Lipinski definition) is 1. The summed E-state index contributed by atoms with van der Waals surface area (Å²) in [6.45, 7) is 5.94. The summed E-state index contributed by atoms with van der Waals surface area (Å²) in [6, 6.07) is 8.18. The Kier molecular flexibility index (Phi) is 4.04. The lowest BCUT2D eigenvalue weighted by molar-refractivity contribution is 0.103. The lowest BCUT2D eigenvalue weighted by Gasteiger charge is -2.10. The molecule has 2 aromatic carbocycles. The van der Waals surface area contributed by atoms with Gasteiger partial charge in [-0.25, -0.2) is 4.39 Å². The molecule has 0 amide bonds. The standard InChI is InChI=1S/C16H14FIO/c1-9-6-11(3)14(7-10(9)2)16(19)13-5-4-12(17)8-15(13)18/h4-8H,1-3H3. The highest BCUT2D eigenvalue weighted by atomic mass is 127. The van der Waals surface area contributed by atoms with Crippen molar-refractivity contribution in [1.82, 2.24) is 0 Å². The van der Waals surface area contributed by atoms with Gasteiger partial charge >= 0.3 is 0 Å². The van der Waals surface area contributed by atoms with E-state index in [4.69, 9.17) is 0 Å². The van der Waals surface area contributed by atoms with E-state index in [0.717, 1.165) is 11.1 Å². The number of benzene rings is 2. The van der Waals surface area contributed by atoms with Gasteiger partial charge in [-0.05, 0) is 84.3 Å². The Morgan fingerprint density at radius 3 is 2.21 bits per heavy atom. The van der Waals surface area contributed by atoms with Gasteiger partial charge in [0.25, 0.3) is 0 Å². The molecular formula is C16H14FIO. The third-order valence-electron chi connectivity index (χ3n) is 3.26. The summed E-state index contributed by atoms with van der Waals surface area (Å²) in [6.07, 6.45) is 0. The Bertz CT molecular complexity index is 662. The molecule has 0 bridgehead atoms. The molecule has 1 nitrogen and oxygen atoms in total. The topological polar surface area (TPSA) is 17.1 Å². The first-order valence-corrected chi connectivity index (χ1v) is 7.05. The molecule has 0 aliphatic carbocycles. The zero-order chi connectivity index (χ0) is 14.2. The first-order valence-electron chi connectivity index (χ1n) is 5.97. The van der Waals surface area contributed by atoms with Crippen LogP contribution in [0.25, 0.3) is 0 Å². The molecule has 0 N–H and O–H groups in total. The molecule has 0 spiro atoms. The summed E-state index contributed by atoms with van der Waals surface area (Å²) in [5, 5.41) is 0. The molecule has 98 valence electrons. The largest absolute Gasteiger partial charge is 0.289 e. The number of carbonyl (C=O) groups excluding carboxylic acids is 1. The highest BCUT2D eigenvalue weighted by molar-refractivity contribution is 14.1. The van der Waals surface area contributed by atoms with Crippen LogP contribution in [-0.4, -0.2) is 5.78 Å².